The third kappa shape index (κ3) is 11.6. The number of carbonyl (C=O) groups is 4. The van der Waals surface area contributed by atoms with E-state index in [1.165, 1.54) is 12.1 Å². The normalized spacial score (nSPS) is 13.7. The Kier molecular flexibility index (Phi) is 10.7. The number of nitrogens with two attached hydrogens (primary N) is 1. The molecule has 0 saturated carbocycles. The van der Waals surface area contributed by atoms with Gasteiger partial charge in [-0.2, -0.15) is 0 Å². The van der Waals surface area contributed by atoms with Crippen LogP contribution in [0.15, 0.2) is 18.2 Å². The van der Waals surface area contributed by atoms with Crippen LogP contribution in [0.3, 0.4) is 0 Å². The molecule has 1 aromatic carbocycles. The van der Waals surface area contributed by atoms with Crippen LogP contribution in [0.5, 0.6) is 11.5 Å². The first-order valence-electron chi connectivity index (χ1n) is 12.1. The van der Waals surface area contributed by atoms with Crippen molar-refractivity contribution in [1.82, 2.24) is 0 Å². The third-order valence-corrected chi connectivity index (χ3v) is 4.54. The van der Waals surface area contributed by atoms with E-state index in [1.807, 2.05) is 0 Å². The van der Waals surface area contributed by atoms with E-state index in [0.29, 0.717) is 5.56 Å². The summed E-state index contributed by atoms with van der Waals surface area (Å²) >= 11 is 0. The van der Waals surface area contributed by atoms with Gasteiger partial charge in [0.25, 0.3) is 0 Å². The molecule has 0 aliphatic rings. The Morgan fingerprint density at radius 2 is 1.35 bits per heavy atom. The van der Waals surface area contributed by atoms with Crippen LogP contribution >= 0.6 is 0 Å². The fourth-order valence-corrected chi connectivity index (χ4v) is 2.47. The number of esters is 3. The maximum atomic E-state index is 12.5. The average Bonchev–Trinajstić information content (AvgIpc) is 2.71. The van der Waals surface area contributed by atoms with Gasteiger partial charge in [0.15, 0.2) is 11.5 Å². The summed E-state index contributed by atoms with van der Waals surface area (Å²) < 4.78 is 26.3. The van der Waals surface area contributed by atoms with E-state index >= 15 is 0 Å². The largest absolute Gasteiger partial charge is 0.508 e. The van der Waals surface area contributed by atoms with Crippen LogP contribution in [0.2, 0.25) is 0 Å². The fourth-order valence-electron chi connectivity index (χ4n) is 2.47. The van der Waals surface area contributed by atoms with Gasteiger partial charge in [-0.3, -0.25) is 14.4 Å². The molecule has 1 rings (SSSR count). The van der Waals surface area contributed by atoms with E-state index in [1.54, 1.807) is 75.3 Å². The molecule has 0 aliphatic heterocycles. The highest BCUT2D eigenvalue weighted by atomic mass is 16.7. The highest BCUT2D eigenvalue weighted by Gasteiger charge is 2.29. The zero-order valence-corrected chi connectivity index (χ0v) is 23.6. The Bertz CT molecular complexity index is 981. The molecule has 10 heteroatoms. The number of hydrogen-bond acceptors (Lipinski definition) is 10. The quantitative estimate of drug-likeness (QED) is 0.386. The Balaban J connectivity index is 2.92. The van der Waals surface area contributed by atoms with Gasteiger partial charge in [-0.1, -0.05) is 6.07 Å². The zero-order chi connectivity index (χ0) is 28.8. The van der Waals surface area contributed by atoms with E-state index in [0.717, 1.165) is 0 Å². The SMILES string of the molecule is C[C@@H](COC(=O)OC(C)(C)C)OC(=O)[C@@H](N)Cc1ccc(OC(=O)C(C)(C)C)c(OC(=O)C(C)(C)C)c1. The van der Waals surface area contributed by atoms with Crippen molar-refractivity contribution in [3.8, 4) is 11.5 Å². The number of ether oxygens (including phenoxy) is 5. The molecule has 0 bridgehead atoms. The standard InChI is InChI=1S/C27H41NO9/c1-16(15-33-24(32)37-27(8,9)10)34-21(29)18(28)13-17-11-12-19(35-22(30)25(2,3)4)20(14-17)36-23(31)26(5,6)7/h11-12,14,16,18H,13,15,28H2,1-10H3/t16-,18-/m0/s1. The number of hydrogen-bond donors (Lipinski definition) is 1. The molecule has 0 unspecified atom stereocenters. The monoisotopic (exact) mass is 523 g/mol. The molecule has 0 saturated heterocycles. The minimum atomic E-state index is -1.06. The molecule has 0 spiro atoms. The third-order valence-electron chi connectivity index (χ3n) is 4.54. The van der Waals surface area contributed by atoms with E-state index in [2.05, 4.69) is 0 Å². The van der Waals surface area contributed by atoms with Crippen LogP contribution in [0.4, 0.5) is 4.79 Å². The van der Waals surface area contributed by atoms with Gasteiger partial charge < -0.3 is 29.4 Å². The second-order valence-corrected chi connectivity index (χ2v) is 11.9. The lowest BCUT2D eigenvalue weighted by molar-refractivity contribution is -0.152. The summed E-state index contributed by atoms with van der Waals surface area (Å²) in [4.78, 5) is 49.1. The second kappa shape index (κ2) is 12.4. The maximum absolute atomic E-state index is 12.5. The predicted octanol–water partition coefficient (Wildman–Crippen LogP) is 4.34. The van der Waals surface area contributed by atoms with Crippen molar-refractivity contribution in [1.29, 1.82) is 0 Å². The molecule has 37 heavy (non-hydrogen) atoms. The molecule has 10 nitrogen and oxygen atoms in total. The topological polar surface area (TPSA) is 140 Å². The minimum absolute atomic E-state index is 0.0368. The Morgan fingerprint density at radius 3 is 1.84 bits per heavy atom. The van der Waals surface area contributed by atoms with E-state index in [-0.39, 0.29) is 24.5 Å². The Labute approximate surface area is 219 Å². The molecule has 0 aliphatic carbocycles. The first-order valence-corrected chi connectivity index (χ1v) is 12.1. The molecule has 0 amide bonds. The average molecular weight is 524 g/mol. The van der Waals surface area contributed by atoms with E-state index < -0.39 is 52.6 Å². The van der Waals surface area contributed by atoms with Gasteiger partial charge in [-0.25, -0.2) is 4.79 Å². The summed E-state index contributed by atoms with van der Waals surface area (Å²) in [6.45, 7) is 16.6. The van der Waals surface area contributed by atoms with Crippen LogP contribution in [0, 0.1) is 10.8 Å². The molecule has 1 aromatic rings. The number of rotatable bonds is 8. The van der Waals surface area contributed by atoms with Crippen LogP contribution in [-0.4, -0.2) is 48.4 Å². The van der Waals surface area contributed by atoms with Crippen molar-refractivity contribution in [2.75, 3.05) is 6.61 Å². The molecular weight excluding hydrogens is 482 g/mol. The number of benzene rings is 1. The summed E-state index contributed by atoms with van der Waals surface area (Å²) in [6, 6.07) is 3.54. The van der Waals surface area contributed by atoms with Crippen molar-refractivity contribution in [3.05, 3.63) is 23.8 Å². The lowest BCUT2D eigenvalue weighted by Gasteiger charge is -2.21. The Morgan fingerprint density at radius 1 is 0.838 bits per heavy atom. The molecule has 0 aromatic heterocycles. The van der Waals surface area contributed by atoms with Gasteiger partial charge in [-0.15, -0.1) is 0 Å². The summed E-state index contributed by atoms with van der Waals surface area (Å²) in [5, 5.41) is 0. The molecule has 0 heterocycles. The van der Waals surface area contributed by atoms with E-state index in [4.69, 9.17) is 29.4 Å². The smallest absolute Gasteiger partial charge is 0.458 e. The van der Waals surface area contributed by atoms with E-state index in [9.17, 15) is 19.2 Å². The van der Waals surface area contributed by atoms with Gasteiger partial charge in [-0.05, 0) is 93.4 Å². The van der Waals surface area contributed by atoms with Gasteiger partial charge >= 0.3 is 24.1 Å². The molecular formula is C27H41NO9. The molecule has 0 fully saturated rings. The fraction of sp³-hybridized carbons (Fsp3) is 0.630. The molecule has 0 radical (unpaired) electrons. The minimum Gasteiger partial charge on any atom is -0.458 e. The summed E-state index contributed by atoms with van der Waals surface area (Å²) in [5.41, 5.74) is 4.29. The highest BCUT2D eigenvalue weighted by molar-refractivity contribution is 5.81. The summed E-state index contributed by atoms with van der Waals surface area (Å²) in [6.07, 6.45) is -1.58. The molecule has 2 N–H and O–H groups in total. The number of carbonyl (C=O) groups excluding carboxylic acids is 4. The van der Waals surface area contributed by atoms with Crippen molar-refractivity contribution >= 4 is 24.1 Å². The second-order valence-electron chi connectivity index (χ2n) is 11.9. The lowest BCUT2D eigenvalue weighted by atomic mass is 9.97. The molecule has 2 atom stereocenters. The predicted molar refractivity (Wildman–Crippen MR) is 136 cm³/mol. The summed E-state index contributed by atoms with van der Waals surface area (Å²) in [5.74, 6) is -1.63. The van der Waals surface area contributed by atoms with Crippen molar-refractivity contribution in [3.63, 3.8) is 0 Å². The van der Waals surface area contributed by atoms with Crippen molar-refractivity contribution < 1.29 is 42.9 Å². The van der Waals surface area contributed by atoms with Crippen LogP contribution < -0.4 is 15.2 Å². The first-order chi connectivity index (χ1) is 16.7. The lowest BCUT2D eigenvalue weighted by Crippen LogP contribution is -2.37. The maximum Gasteiger partial charge on any atom is 0.508 e. The van der Waals surface area contributed by atoms with Gasteiger partial charge in [0.05, 0.1) is 10.8 Å². The first kappa shape index (κ1) is 31.9. The van der Waals surface area contributed by atoms with Gasteiger partial charge in [0.1, 0.15) is 24.4 Å². The zero-order valence-electron chi connectivity index (χ0n) is 23.6. The van der Waals surface area contributed by atoms with Gasteiger partial charge in [0.2, 0.25) is 0 Å². The summed E-state index contributed by atoms with van der Waals surface area (Å²) in [7, 11) is 0. The Hall–Kier alpha value is -3.14. The molecule has 208 valence electrons. The van der Waals surface area contributed by atoms with Crippen LogP contribution in [0.25, 0.3) is 0 Å². The van der Waals surface area contributed by atoms with Crippen LogP contribution in [-0.2, 0) is 35.0 Å². The van der Waals surface area contributed by atoms with Gasteiger partial charge in [0, 0.05) is 0 Å². The van der Waals surface area contributed by atoms with Crippen molar-refractivity contribution in [2.45, 2.75) is 93.4 Å². The van der Waals surface area contributed by atoms with Crippen molar-refractivity contribution in [2.24, 2.45) is 16.6 Å². The highest BCUT2D eigenvalue weighted by Crippen LogP contribution is 2.33. The van der Waals surface area contributed by atoms with Crippen LogP contribution in [0.1, 0.15) is 74.8 Å².